The lowest BCUT2D eigenvalue weighted by atomic mass is 10.1. The third kappa shape index (κ3) is 2.86. The summed E-state index contributed by atoms with van der Waals surface area (Å²) in [6.45, 7) is 9.14. The first-order valence-electron chi connectivity index (χ1n) is 8.41. The first kappa shape index (κ1) is 16.9. The van der Waals surface area contributed by atoms with Gasteiger partial charge in [0.15, 0.2) is 0 Å². The number of benzene rings is 1. The van der Waals surface area contributed by atoms with Crippen LogP contribution in [-0.4, -0.2) is 30.6 Å². The van der Waals surface area contributed by atoms with Gasteiger partial charge in [-0.25, -0.2) is 18.8 Å². The summed E-state index contributed by atoms with van der Waals surface area (Å²) in [4.78, 5) is 12.2. The number of fused-ring (bicyclic) bond motifs is 1. The molecule has 4 rings (SSSR count). The zero-order chi connectivity index (χ0) is 19.0. The largest absolute Gasteiger partial charge is 0.394 e. The van der Waals surface area contributed by atoms with Crippen LogP contribution in [0.4, 0.5) is 10.2 Å². The second-order valence-electron chi connectivity index (χ2n) is 6.26. The predicted molar refractivity (Wildman–Crippen MR) is 99.9 cm³/mol. The normalized spacial score (nSPS) is 12.2. The molecule has 3 aromatic heterocycles. The SMILES string of the molecule is [C-]#[N+]c1cnc2ccc(-c3c(-c4ccc(F)cc4)ncn3C(C)CO)cn12. The number of rotatable bonds is 4. The topological polar surface area (TPSA) is 59.7 Å². The van der Waals surface area contributed by atoms with Crippen molar-refractivity contribution in [2.75, 3.05) is 6.61 Å². The Morgan fingerprint density at radius 3 is 2.59 bits per heavy atom. The molecule has 0 fully saturated rings. The quantitative estimate of drug-likeness (QED) is 0.557. The Labute approximate surface area is 155 Å². The number of imidazole rings is 2. The molecular formula is C20H16FN5O. The Bertz CT molecular complexity index is 1150. The van der Waals surface area contributed by atoms with Crippen molar-refractivity contribution in [1.29, 1.82) is 0 Å². The van der Waals surface area contributed by atoms with Gasteiger partial charge in [0, 0.05) is 17.2 Å². The predicted octanol–water partition coefficient (Wildman–Crippen LogP) is 4.11. The Kier molecular flexibility index (Phi) is 4.18. The lowest BCUT2D eigenvalue weighted by Crippen LogP contribution is -2.10. The van der Waals surface area contributed by atoms with Gasteiger partial charge < -0.3 is 14.5 Å². The number of hydrogen-bond donors (Lipinski definition) is 1. The van der Waals surface area contributed by atoms with E-state index in [4.69, 9.17) is 6.57 Å². The van der Waals surface area contributed by atoms with Gasteiger partial charge in [0.25, 0.3) is 5.82 Å². The molecule has 1 N–H and O–H groups in total. The van der Waals surface area contributed by atoms with Crippen LogP contribution in [0.5, 0.6) is 0 Å². The van der Waals surface area contributed by atoms with Crippen LogP contribution in [0.25, 0.3) is 33.0 Å². The molecule has 0 aliphatic carbocycles. The molecule has 1 atom stereocenters. The molecule has 1 unspecified atom stereocenters. The maximum Gasteiger partial charge on any atom is 0.254 e. The van der Waals surface area contributed by atoms with E-state index in [-0.39, 0.29) is 18.5 Å². The van der Waals surface area contributed by atoms with Crippen LogP contribution < -0.4 is 0 Å². The summed E-state index contributed by atoms with van der Waals surface area (Å²) in [5, 5.41) is 9.64. The monoisotopic (exact) mass is 361 g/mol. The van der Waals surface area contributed by atoms with Gasteiger partial charge >= 0.3 is 0 Å². The van der Waals surface area contributed by atoms with Crippen LogP contribution in [0.3, 0.4) is 0 Å². The molecule has 3 heterocycles. The molecule has 0 bridgehead atoms. The van der Waals surface area contributed by atoms with Crippen LogP contribution in [0, 0.1) is 12.4 Å². The summed E-state index contributed by atoms with van der Waals surface area (Å²) in [5.41, 5.74) is 3.73. The highest BCUT2D eigenvalue weighted by Crippen LogP contribution is 2.34. The summed E-state index contributed by atoms with van der Waals surface area (Å²) >= 11 is 0. The maximum absolute atomic E-state index is 13.3. The van der Waals surface area contributed by atoms with Gasteiger partial charge in [-0.1, -0.05) is 6.57 Å². The molecule has 0 aliphatic rings. The van der Waals surface area contributed by atoms with Crippen LogP contribution in [0.15, 0.2) is 55.1 Å². The fraction of sp³-hybridized carbons (Fsp3) is 0.150. The number of pyridine rings is 1. The first-order chi connectivity index (χ1) is 13.1. The highest BCUT2D eigenvalue weighted by Gasteiger charge is 2.20. The minimum atomic E-state index is -0.315. The van der Waals surface area contributed by atoms with E-state index in [1.54, 1.807) is 22.9 Å². The number of hydrogen-bond acceptors (Lipinski definition) is 3. The van der Waals surface area contributed by atoms with Crippen molar-refractivity contribution >= 4 is 11.5 Å². The first-order valence-corrected chi connectivity index (χ1v) is 8.41. The fourth-order valence-electron chi connectivity index (χ4n) is 3.08. The zero-order valence-electron chi connectivity index (χ0n) is 14.5. The van der Waals surface area contributed by atoms with Crippen molar-refractivity contribution in [2.45, 2.75) is 13.0 Å². The molecule has 27 heavy (non-hydrogen) atoms. The van der Waals surface area contributed by atoms with Crippen LogP contribution in [0.1, 0.15) is 13.0 Å². The average molecular weight is 361 g/mol. The smallest absolute Gasteiger partial charge is 0.254 e. The number of aliphatic hydroxyl groups is 1. The van der Waals surface area contributed by atoms with Gasteiger partial charge in [-0.15, -0.1) is 0 Å². The second-order valence-corrected chi connectivity index (χ2v) is 6.26. The van der Waals surface area contributed by atoms with Crippen molar-refractivity contribution < 1.29 is 9.50 Å². The van der Waals surface area contributed by atoms with Crippen LogP contribution in [-0.2, 0) is 0 Å². The minimum Gasteiger partial charge on any atom is -0.394 e. The highest BCUT2D eigenvalue weighted by molar-refractivity contribution is 5.79. The Morgan fingerprint density at radius 1 is 1.15 bits per heavy atom. The van der Waals surface area contributed by atoms with E-state index < -0.39 is 0 Å². The van der Waals surface area contributed by atoms with Gasteiger partial charge in [0.1, 0.15) is 5.82 Å². The van der Waals surface area contributed by atoms with Gasteiger partial charge in [0.2, 0.25) is 5.65 Å². The van der Waals surface area contributed by atoms with Crippen molar-refractivity contribution in [3.05, 3.63) is 72.4 Å². The van der Waals surface area contributed by atoms with E-state index in [0.29, 0.717) is 17.2 Å². The van der Waals surface area contributed by atoms with Crippen LogP contribution in [0.2, 0.25) is 0 Å². The molecule has 6 nitrogen and oxygen atoms in total. The molecule has 4 aromatic rings. The highest BCUT2D eigenvalue weighted by atomic mass is 19.1. The standard InChI is InChI=1S/C20H16FN5O/c1-13(11-27)26-12-24-19(14-3-6-16(21)7-4-14)20(26)15-5-8-17-23-9-18(22-2)25(17)10-15/h3-10,12-13,27H,11H2,1H3. The molecule has 0 saturated heterocycles. The van der Waals surface area contributed by atoms with Crippen molar-refractivity contribution in [1.82, 2.24) is 18.9 Å². The molecule has 134 valence electrons. The molecule has 0 radical (unpaired) electrons. The summed E-state index contributed by atoms with van der Waals surface area (Å²) in [6.07, 6.45) is 5.03. The molecule has 0 aliphatic heterocycles. The van der Waals surface area contributed by atoms with Gasteiger partial charge in [-0.05, 0) is 37.3 Å². The average Bonchev–Trinajstić information content (AvgIpc) is 3.31. The summed E-state index contributed by atoms with van der Waals surface area (Å²) < 4.78 is 16.9. The third-order valence-electron chi connectivity index (χ3n) is 4.52. The van der Waals surface area contributed by atoms with E-state index in [1.807, 2.05) is 29.8 Å². The molecule has 1 aromatic carbocycles. The molecule has 0 spiro atoms. The lowest BCUT2D eigenvalue weighted by Gasteiger charge is -2.15. The van der Waals surface area contributed by atoms with Crippen molar-refractivity contribution in [3.8, 4) is 22.5 Å². The molecule has 0 amide bonds. The van der Waals surface area contributed by atoms with E-state index in [1.165, 1.54) is 18.3 Å². The summed E-state index contributed by atoms with van der Waals surface area (Å²) in [6, 6.07) is 9.68. The van der Waals surface area contributed by atoms with E-state index in [9.17, 15) is 9.50 Å². The third-order valence-corrected chi connectivity index (χ3v) is 4.52. The summed E-state index contributed by atoms with van der Waals surface area (Å²) in [5.74, 6) is 0.0986. The van der Waals surface area contributed by atoms with E-state index in [0.717, 1.165) is 16.8 Å². The van der Waals surface area contributed by atoms with Gasteiger partial charge in [-0.2, -0.15) is 0 Å². The molecule has 0 saturated carbocycles. The number of aromatic nitrogens is 4. The number of aliphatic hydroxyl groups excluding tert-OH is 1. The van der Waals surface area contributed by atoms with E-state index in [2.05, 4.69) is 14.8 Å². The second kappa shape index (κ2) is 6.67. The van der Waals surface area contributed by atoms with Gasteiger partial charge in [0.05, 0.1) is 42.8 Å². The van der Waals surface area contributed by atoms with Gasteiger partial charge in [-0.3, -0.25) is 0 Å². The van der Waals surface area contributed by atoms with Crippen LogP contribution >= 0.6 is 0 Å². The minimum absolute atomic E-state index is 0.0488. The lowest BCUT2D eigenvalue weighted by molar-refractivity contribution is 0.239. The zero-order valence-corrected chi connectivity index (χ0v) is 14.5. The maximum atomic E-state index is 13.3. The number of nitrogens with zero attached hydrogens (tertiary/aromatic N) is 5. The van der Waals surface area contributed by atoms with E-state index >= 15 is 0 Å². The molecular weight excluding hydrogens is 345 g/mol. The summed E-state index contributed by atoms with van der Waals surface area (Å²) in [7, 11) is 0. The fourth-order valence-corrected chi connectivity index (χ4v) is 3.08. The van der Waals surface area contributed by atoms with Crippen molar-refractivity contribution in [3.63, 3.8) is 0 Å². The Morgan fingerprint density at radius 2 is 1.89 bits per heavy atom. The molecule has 7 heteroatoms. The number of halogens is 1. The Balaban J connectivity index is 1.96. The Hall–Kier alpha value is -3.50. The van der Waals surface area contributed by atoms with Crippen molar-refractivity contribution in [2.24, 2.45) is 0 Å².